The van der Waals surface area contributed by atoms with Crippen molar-refractivity contribution in [2.45, 2.75) is 38.0 Å². The molecule has 2 aliphatic heterocycles. The molecule has 0 saturated carbocycles. The molecule has 2 saturated heterocycles. The number of nitrogens with one attached hydrogen (secondary N) is 1. The molecule has 0 aliphatic carbocycles. The van der Waals surface area contributed by atoms with Crippen molar-refractivity contribution < 1.29 is 4.74 Å². The predicted molar refractivity (Wildman–Crippen MR) is 65.8 cm³/mol. The molecular formula is C13H16N4O. The van der Waals surface area contributed by atoms with Gasteiger partial charge in [0.2, 0.25) is 0 Å². The van der Waals surface area contributed by atoms with E-state index in [1.165, 1.54) is 19.3 Å². The third-order valence-electron chi connectivity index (χ3n) is 4.09. The molecule has 5 nitrogen and oxygen atoms in total. The lowest BCUT2D eigenvalue weighted by molar-refractivity contribution is 0.0900. The van der Waals surface area contributed by atoms with Crippen molar-refractivity contribution >= 4 is 0 Å². The van der Waals surface area contributed by atoms with Crippen LogP contribution in [-0.2, 0) is 11.3 Å². The van der Waals surface area contributed by atoms with Crippen LogP contribution in [0.3, 0.4) is 0 Å². The average molecular weight is 244 g/mol. The molecule has 94 valence electrons. The highest BCUT2D eigenvalue weighted by atomic mass is 16.5. The van der Waals surface area contributed by atoms with Gasteiger partial charge < -0.3 is 14.3 Å². The van der Waals surface area contributed by atoms with Crippen LogP contribution in [0.4, 0.5) is 0 Å². The standard InChI is InChI=1S/C13H16N4O/c1-2-11-9(7-10(1)18-11)8-17-6-5-16-13(17)12-14-3-4-15-12/h3-6,9-11H,1-2,7-8H2,(H,14,15)/t9-,10-,11+/m0/s1. The number of H-pyrrole nitrogens is 1. The predicted octanol–water partition coefficient (Wildman–Crippen LogP) is 1.84. The van der Waals surface area contributed by atoms with E-state index in [4.69, 9.17) is 4.74 Å². The van der Waals surface area contributed by atoms with E-state index in [9.17, 15) is 0 Å². The van der Waals surface area contributed by atoms with Gasteiger partial charge in [0.25, 0.3) is 0 Å². The first kappa shape index (κ1) is 10.3. The first-order valence-electron chi connectivity index (χ1n) is 6.56. The molecule has 5 heteroatoms. The van der Waals surface area contributed by atoms with Gasteiger partial charge in [0, 0.05) is 37.3 Å². The van der Waals surface area contributed by atoms with E-state index in [1.807, 2.05) is 18.6 Å². The second-order valence-electron chi connectivity index (χ2n) is 5.21. The summed E-state index contributed by atoms with van der Waals surface area (Å²) in [6.45, 7) is 0.983. The van der Waals surface area contributed by atoms with Crippen molar-refractivity contribution in [3.8, 4) is 11.6 Å². The highest BCUT2D eigenvalue weighted by Crippen LogP contribution is 2.39. The van der Waals surface area contributed by atoms with Crippen LogP contribution in [0.2, 0.25) is 0 Å². The van der Waals surface area contributed by atoms with Crippen molar-refractivity contribution in [2.24, 2.45) is 5.92 Å². The molecule has 0 radical (unpaired) electrons. The lowest BCUT2D eigenvalue weighted by Gasteiger charge is -2.19. The summed E-state index contributed by atoms with van der Waals surface area (Å²) in [5.41, 5.74) is 0. The quantitative estimate of drug-likeness (QED) is 0.896. The Morgan fingerprint density at radius 3 is 3.06 bits per heavy atom. The molecule has 4 heterocycles. The fourth-order valence-electron chi connectivity index (χ4n) is 3.25. The number of fused-ring (bicyclic) bond motifs is 2. The van der Waals surface area contributed by atoms with Gasteiger partial charge >= 0.3 is 0 Å². The Balaban J connectivity index is 1.57. The summed E-state index contributed by atoms with van der Waals surface area (Å²) in [5, 5.41) is 0. The number of aromatic amines is 1. The zero-order chi connectivity index (χ0) is 11.9. The Labute approximate surface area is 105 Å². The van der Waals surface area contributed by atoms with E-state index in [0.29, 0.717) is 18.1 Å². The smallest absolute Gasteiger partial charge is 0.176 e. The van der Waals surface area contributed by atoms with Crippen LogP contribution < -0.4 is 0 Å². The van der Waals surface area contributed by atoms with Crippen LogP contribution in [0.1, 0.15) is 19.3 Å². The number of aromatic nitrogens is 4. The maximum atomic E-state index is 5.91. The molecule has 2 aliphatic rings. The minimum absolute atomic E-state index is 0.460. The molecule has 4 rings (SSSR count). The Morgan fingerprint density at radius 2 is 2.33 bits per heavy atom. The molecule has 2 aromatic heterocycles. The van der Waals surface area contributed by atoms with Gasteiger partial charge in [0.1, 0.15) is 0 Å². The molecule has 3 atom stereocenters. The summed E-state index contributed by atoms with van der Waals surface area (Å²) in [5.74, 6) is 2.39. The van der Waals surface area contributed by atoms with E-state index in [1.54, 1.807) is 6.20 Å². The van der Waals surface area contributed by atoms with Crippen molar-refractivity contribution in [3.63, 3.8) is 0 Å². The van der Waals surface area contributed by atoms with Gasteiger partial charge in [0.05, 0.1) is 12.2 Å². The SMILES string of the molecule is c1c[nH]c(-c2nccn2C[C@@H]2C[C@@H]3CC[C@H]2O3)n1. The summed E-state index contributed by atoms with van der Waals surface area (Å²) in [6.07, 6.45) is 12.1. The second kappa shape index (κ2) is 3.95. The molecule has 0 aromatic carbocycles. The number of ether oxygens (including phenoxy) is 1. The monoisotopic (exact) mass is 244 g/mol. The topological polar surface area (TPSA) is 55.7 Å². The van der Waals surface area contributed by atoms with Gasteiger partial charge in [-0.1, -0.05) is 0 Å². The maximum absolute atomic E-state index is 5.91. The molecule has 1 N–H and O–H groups in total. The molecule has 2 fully saturated rings. The van der Waals surface area contributed by atoms with Gasteiger partial charge in [-0.3, -0.25) is 0 Å². The molecule has 0 amide bonds. The first-order valence-corrected chi connectivity index (χ1v) is 6.56. The Bertz CT molecular complexity index is 533. The van der Waals surface area contributed by atoms with Crippen LogP contribution in [0, 0.1) is 5.92 Å². The van der Waals surface area contributed by atoms with Crippen LogP contribution in [0.25, 0.3) is 11.6 Å². The zero-order valence-electron chi connectivity index (χ0n) is 10.1. The van der Waals surface area contributed by atoms with E-state index in [-0.39, 0.29) is 0 Å². The van der Waals surface area contributed by atoms with Gasteiger partial charge in [0.15, 0.2) is 11.6 Å². The molecule has 2 aromatic rings. The third kappa shape index (κ3) is 1.58. The largest absolute Gasteiger partial charge is 0.375 e. The van der Waals surface area contributed by atoms with Gasteiger partial charge in [-0.2, -0.15) is 0 Å². The van der Waals surface area contributed by atoms with Crippen LogP contribution in [0.5, 0.6) is 0 Å². The van der Waals surface area contributed by atoms with Crippen molar-refractivity contribution in [1.82, 2.24) is 19.5 Å². The van der Waals surface area contributed by atoms with E-state index in [0.717, 1.165) is 18.2 Å². The number of imidazole rings is 2. The van der Waals surface area contributed by atoms with Crippen molar-refractivity contribution in [1.29, 1.82) is 0 Å². The van der Waals surface area contributed by atoms with E-state index in [2.05, 4.69) is 19.5 Å². The zero-order valence-corrected chi connectivity index (χ0v) is 10.1. The van der Waals surface area contributed by atoms with Crippen LogP contribution in [-0.4, -0.2) is 31.7 Å². The molecule has 0 unspecified atom stereocenters. The normalized spacial score (nSPS) is 30.1. The molecular weight excluding hydrogens is 228 g/mol. The summed E-state index contributed by atoms with van der Waals surface area (Å²) in [7, 11) is 0. The second-order valence-corrected chi connectivity index (χ2v) is 5.21. The fourth-order valence-corrected chi connectivity index (χ4v) is 3.25. The summed E-state index contributed by atoms with van der Waals surface area (Å²) in [6, 6.07) is 0. The lowest BCUT2D eigenvalue weighted by Crippen LogP contribution is -2.22. The lowest BCUT2D eigenvalue weighted by atomic mass is 9.89. The Hall–Kier alpha value is -1.62. The highest BCUT2D eigenvalue weighted by molar-refractivity contribution is 5.43. The molecule has 2 bridgehead atoms. The van der Waals surface area contributed by atoms with E-state index < -0.39 is 0 Å². The first-order chi connectivity index (χ1) is 8.90. The molecule has 0 spiro atoms. The Morgan fingerprint density at radius 1 is 1.33 bits per heavy atom. The van der Waals surface area contributed by atoms with Crippen molar-refractivity contribution in [2.75, 3.05) is 0 Å². The van der Waals surface area contributed by atoms with Gasteiger partial charge in [-0.15, -0.1) is 0 Å². The number of rotatable bonds is 3. The average Bonchev–Trinajstić information content (AvgIpc) is 3.14. The molecule has 18 heavy (non-hydrogen) atoms. The highest BCUT2D eigenvalue weighted by Gasteiger charge is 2.40. The van der Waals surface area contributed by atoms with Gasteiger partial charge in [-0.05, 0) is 19.3 Å². The fraction of sp³-hybridized carbons (Fsp3) is 0.538. The van der Waals surface area contributed by atoms with Crippen molar-refractivity contribution in [3.05, 3.63) is 24.8 Å². The number of hydrogen-bond donors (Lipinski definition) is 1. The minimum atomic E-state index is 0.460. The Kier molecular flexibility index (Phi) is 2.26. The van der Waals surface area contributed by atoms with Crippen LogP contribution in [0.15, 0.2) is 24.8 Å². The van der Waals surface area contributed by atoms with Crippen LogP contribution >= 0.6 is 0 Å². The third-order valence-corrected chi connectivity index (χ3v) is 4.09. The minimum Gasteiger partial charge on any atom is -0.375 e. The summed E-state index contributed by atoms with van der Waals surface area (Å²) in [4.78, 5) is 11.8. The van der Waals surface area contributed by atoms with Gasteiger partial charge in [-0.25, -0.2) is 9.97 Å². The van der Waals surface area contributed by atoms with E-state index >= 15 is 0 Å². The summed E-state index contributed by atoms with van der Waals surface area (Å²) < 4.78 is 8.10. The number of nitrogens with zero attached hydrogens (tertiary/aromatic N) is 3. The maximum Gasteiger partial charge on any atom is 0.176 e. The summed E-state index contributed by atoms with van der Waals surface area (Å²) >= 11 is 0. The number of hydrogen-bond acceptors (Lipinski definition) is 3.